The van der Waals surface area contributed by atoms with E-state index in [0.717, 1.165) is 16.9 Å². The zero-order chi connectivity index (χ0) is 18.1. The van der Waals surface area contributed by atoms with Gasteiger partial charge in [-0.1, -0.05) is 32.8 Å². The first kappa shape index (κ1) is 16.9. The Labute approximate surface area is 154 Å². The number of aromatic nitrogens is 3. The molecule has 5 heteroatoms. The van der Waals surface area contributed by atoms with Crippen LogP contribution in [-0.4, -0.2) is 26.6 Å². The van der Waals surface area contributed by atoms with Crippen LogP contribution in [0.25, 0.3) is 16.9 Å². The van der Waals surface area contributed by atoms with E-state index in [9.17, 15) is 4.79 Å². The largest absolute Gasteiger partial charge is 0.352 e. The first-order valence-corrected chi connectivity index (χ1v) is 9.57. The number of hydrogen-bond acceptors (Lipinski definition) is 2. The third-order valence-electron chi connectivity index (χ3n) is 5.16. The molecule has 1 aliphatic rings. The van der Waals surface area contributed by atoms with Gasteiger partial charge in [0.15, 0.2) is 0 Å². The molecule has 0 radical (unpaired) electrons. The maximum absolute atomic E-state index is 12.7. The molecular formula is C21H26N4O. The van der Waals surface area contributed by atoms with E-state index < -0.39 is 0 Å². The van der Waals surface area contributed by atoms with E-state index in [1.165, 1.54) is 25.7 Å². The van der Waals surface area contributed by atoms with Crippen molar-refractivity contribution in [2.75, 3.05) is 6.54 Å². The highest BCUT2D eigenvalue weighted by atomic mass is 16.1. The van der Waals surface area contributed by atoms with Crippen LogP contribution < -0.4 is 5.32 Å². The number of nitrogens with one attached hydrogen (secondary N) is 1. The Bertz CT molecular complexity index is 915. The van der Waals surface area contributed by atoms with Crippen molar-refractivity contribution in [3.63, 3.8) is 0 Å². The lowest BCUT2D eigenvalue weighted by molar-refractivity contribution is 0.0951. The summed E-state index contributed by atoms with van der Waals surface area (Å²) in [5, 5.41) is 7.85. The maximum atomic E-state index is 12.7. The third-order valence-corrected chi connectivity index (χ3v) is 5.16. The fraction of sp³-hybridized carbons (Fsp3) is 0.429. The van der Waals surface area contributed by atoms with Gasteiger partial charge in [-0.2, -0.15) is 5.10 Å². The van der Waals surface area contributed by atoms with Crippen molar-refractivity contribution in [2.24, 2.45) is 5.92 Å². The number of amides is 1. The van der Waals surface area contributed by atoms with E-state index in [-0.39, 0.29) is 5.91 Å². The average molecular weight is 350 g/mol. The fourth-order valence-corrected chi connectivity index (χ4v) is 3.77. The summed E-state index contributed by atoms with van der Waals surface area (Å²) in [5.74, 6) is 0.401. The van der Waals surface area contributed by atoms with Gasteiger partial charge in [0, 0.05) is 18.9 Å². The molecular weight excluding hydrogens is 324 g/mol. The predicted molar refractivity (Wildman–Crippen MR) is 103 cm³/mol. The Morgan fingerprint density at radius 1 is 1.23 bits per heavy atom. The molecule has 0 saturated heterocycles. The standard InChI is InChI=1S/C21H26N4O/c1-15(2)14-22-21(26)17-13-20(24-11-6-5-9-19(17)24)18-10-12-25(23-18)16-7-3-4-8-16/h5-6,9-13,15-16H,3-4,7-8,14H2,1-2H3,(H,22,26). The smallest absolute Gasteiger partial charge is 0.253 e. The molecule has 26 heavy (non-hydrogen) atoms. The van der Waals surface area contributed by atoms with Crippen LogP contribution in [0, 0.1) is 5.92 Å². The number of pyridine rings is 1. The Morgan fingerprint density at radius 3 is 2.81 bits per heavy atom. The van der Waals surface area contributed by atoms with E-state index >= 15 is 0 Å². The summed E-state index contributed by atoms with van der Waals surface area (Å²) < 4.78 is 4.16. The zero-order valence-electron chi connectivity index (χ0n) is 15.5. The lowest BCUT2D eigenvalue weighted by Crippen LogP contribution is -2.27. The minimum atomic E-state index is -0.0242. The molecule has 3 aromatic rings. The van der Waals surface area contributed by atoms with Crippen molar-refractivity contribution in [3.8, 4) is 11.4 Å². The van der Waals surface area contributed by atoms with Crippen LogP contribution in [0.15, 0.2) is 42.7 Å². The molecule has 5 nitrogen and oxygen atoms in total. The highest BCUT2D eigenvalue weighted by Gasteiger charge is 2.20. The molecule has 136 valence electrons. The van der Waals surface area contributed by atoms with E-state index in [1.54, 1.807) is 0 Å². The summed E-state index contributed by atoms with van der Waals surface area (Å²) in [4.78, 5) is 12.7. The van der Waals surface area contributed by atoms with Gasteiger partial charge in [0.2, 0.25) is 0 Å². The van der Waals surface area contributed by atoms with Crippen molar-refractivity contribution in [3.05, 3.63) is 48.3 Å². The minimum absolute atomic E-state index is 0.0242. The Morgan fingerprint density at radius 2 is 2.04 bits per heavy atom. The Balaban J connectivity index is 1.70. The van der Waals surface area contributed by atoms with Crippen molar-refractivity contribution >= 4 is 11.4 Å². The summed E-state index contributed by atoms with van der Waals surface area (Å²) >= 11 is 0. The Hall–Kier alpha value is -2.56. The van der Waals surface area contributed by atoms with Gasteiger partial charge in [-0.25, -0.2) is 0 Å². The number of hydrogen-bond donors (Lipinski definition) is 1. The van der Waals surface area contributed by atoms with Crippen LogP contribution in [0.4, 0.5) is 0 Å². The second kappa shape index (κ2) is 6.98. The van der Waals surface area contributed by atoms with Gasteiger partial charge < -0.3 is 9.72 Å². The van der Waals surface area contributed by atoms with Crippen LogP contribution in [-0.2, 0) is 0 Å². The SMILES string of the molecule is CC(C)CNC(=O)c1cc(-c2ccn(C3CCCC3)n2)n2ccccc12. The second-order valence-corrected chi connectivity index (χ2v) is 7.62. The second-order valence-electron chi connectivity index (χ2n) is 7.62. The van der Waals surface area contributed by atoms with Crippen molar-refractivity contribution < 1.29 is 4.79 Å². The molecule has 0 aliphatic heterocycles. The number of carbonyl (C=O) groups is 1. The molecule has 4 rings (SSSR count). The van der Waals surface area contributed by atoms with Crippen molar-refractivity contribution in [2.45, 2.75) is 45.6 Å². The minimum Gasteiger partial charge on any atom is -0.352 e. The van der Waals surface area contributed by atoms with Gasteiger partial charge in [0.1, 0.15) is 5.69 Å². The van der Waals surface area contributed by atoms with E-state index in [4.69, 9.17) is 5.10 Å². The molecule has 1 N–H and O–H groups in total. The van der Waals surface area contributed by atoms with E-state index in [0.29, 0.717) is 24.1 Å². The molecule has 0 spiro atoms. The van der Waals surface area contributed by atoms with E-state index in [2.05, 4.69) is 40.5 Å². The molecule has 0 aromatic carbocycles. The molecule has 0 bridgehead atoms. The van der Waals surface area contributed by atoms with Crippen LogP contribution >= 0.6 is 0 Å². The first-order chi connectivity index (χ1) is 12.6. The highest BCUT2D eigenvalue weighted by molar-refractivity contribution is 6.02. The number of rotatable bonds is 5. The summed E-state index contributed by atoms with van der Waals surface area (Å²) in [7, 11) is 0. The molecule has 1 amide bonds. The first-order valence-electron chi connectivity index (χ1n) is 9.57. The lowest BCUT2D eigenvalue weighted by Gasteiger charge is -2.08. The molecule has 3 aromatic heterocycles. The highest BCUT2D eigenvalue weighted by Crippen LogP contribution is 2.31. The van der Waals surface area contributed by atoms with Gasteiger partial charge in [0.05, 0.1) is 22.8 Å². The third kappa shape index (κ3) is 3.14. The van der Waals surface area contributed by atoms with E-state index in [1.807, 2.05) is 30.5 Å². The number of nitrogens with zero attached hydrogens (tertiary/aromatic N) is 3. The molecule has 1 fully saturated rings. The monoisotopic (exact) mass is 350 g/mol. The molecule has 3 heterocycles. The van der Waals surface area contributed by atoms with Crippen LogP contribution in [0.5, 0.6) is 0 Å². The summed E-state index contributed by atoms with van der Waals surface area (Å²) in [6, 6.07) is 10.5. The lowest BCUT2D eigenvalue weighted by atomic mass is 10.2. The average Bonchev–Trinajstić information content (AvgIpc) is 3.37. The van der Waals surface area contributed by atoms with Crippen molar-refractivity contribution in [1.29, 1.82) is 0 Å². The van der Waals surface area contributed by atoms with Gasteiger partial charge in [-0.15, -0.1) is 0 Å². The quantitative estimate of drug-likeness (QED) is 0.746. The predicted octanol–water partition coefficient (Wildman–Crippen LogP) is 4.30. The summed E-state index contributed by atoms with van der Waals surface area (Å²) in [5.41, 5.74) is 3.50. The van der Waals surface area contributed by atoms with Crippen molar-refractivity contribution in [1.82, 2.24) is 19.5 Å². The van der Waals surface area contributed by atoms with Crippen LogP contribution in [0.2, 0.25) is 0 Å². The normalized spacial score (nSPS) is 15.2. The molecule has 1 aliphatic carbocycles. The number of carbonyl (C=O) groups excluding carboxylic acids is 1. The number of fused-ring (bicyclic) bond motifs is 1. The van der Waals surface area contributed by atoms with Gasteiger partial charge in [0.25, 0.3) is 5.91 Å². The Kier molecular flexibility index (Phi) is 4.53. The maximum Gasteiger partial charge on any atom is 0.253 e. The molecule has 1 saturated carbocycles. The van der Waals surface area contributed by atoms with Crippen LogP contribution in [0.3, 0.4) is 0 Å². The molecule has 0 atom stereocenters. The van der Waals surface area contributed by atoms with Crippen LogP contribution in [0.1, 0.15) is 55.9 Å². The topological polar surface area (TPSA) is 51.3 Å². The van der Waals surface area contributed by atoms with Gasteiger partial charge in [-0.3, -0.25) is 9.48 Å². The van der Waals surface area contributed by atoms with Gasteiger partial charge in [-0.05, 0) is 43.0 Å². The zero-order valence-corrected chi connectivity index (χ0v) is 15.5. The fourth-order valence-electron chi connectivity index (χ4n) is 3.77. The molecule has 0 unspecified atom stereocenters. The summed E-state index contributed by atoms with van der Waals surface area (Å²) in [6.45, 7) is 4.87. The van der Waals surface area contributed by atoms with Gasteiger partial charge >= 0.3 is 0 Å². The summed E-state index contributed by atoms with van der Waals surface area (Å²) in [6.07, 6.45) is 9.06.